The average molecular weight is 335 g/mol. The molecule has 1 N–H and O–H groups in total. The van der Waals surface area contributed by atoms with Crippen LogP contribution in [0.2, 0.25) is 0 Å². The second-order valence-corrected chi connectivity index (χ2v) is 7.77. The number of carboxylic acid groups (broad SMARTS) is 1. The molecule has 3 rings (SSSR count). The molecule has 1 saturated carbocycles. The maximum atomic E-state index is 12.9. The van der Waals surface area contributed by atoms with E-state index in [2.05, 4.69) is 0 Å². The monoisotopic (exact) mass is 335 g/mol. The third-order valence-electron chi connectivity index (χ3n) is 5.04. The van der Waals surface area contributed by atoms with Gasteiger partial charge < -0.3 is 10.0 Å². The number of amides is 1. The quantitative estimate of drug-likeness (QED) is 0.919. The molecule has 23 heavy (non-hydrogen) atoms. The Bertz CT molecular complexity index is 642. The Morgan fingerprint density at radius 2 is 1.83 bits per heavy atom. The van der Waals surface area contributed by atoms with E-state index < -0.39 is 22.8 Å². The molecule has 2 fully saturated rings. The van der Waals surface area contributed by atoms with E-state index in [9.17, 15) is 18.9 Å². The van der Waals surface area contributed by atoms with Crippen LogP contribution in [-0.4, -0.2) is 44.4 Å². The predicted octanol–water partition coefficient (Wildman–Crippen LogP) is 2.28. The van der Waals surface area contributed by atoms with Crippen LogP contribution in [-0.2, 0) is 15.6 Å². The van der Waals surface area contributed by atoms with Crippen LogP contribution in [0.4, 0.5) is 0 Å². The number of hydrogen-bond acceptors (Lipinski definition) is 3. The van der Waals surface area contributed by atoms with Crippen molar-refractivity contribution in [3.05, 3.63) is 29.8 Å². The molecule has 1 aromatic rings. The number of nitrogens with zero attached hydrogens (tertiary/aromatic N) is 1. The number of hydrogen-bond donors (Lipinski definition) is 1. The van der Waals surface area contributed by atoms with Gasteiger partial charge in [-0.05, 0) is 49.4 Å². The molecule has 4 atom stereocenters. The third kappa shape index (κ3) is 3.04. The summed E-state index contributed by atoms with van der Waals surface area (Å²) >= 11 is 0. The third-order valence-corrected chi connectivity index (χ3v) is 5.98. The van der Waals surface area contributed by atoms with Crippen LogP contribution < -0.4 is 0 Å². The van der Waals surface area contributed by atoms with Crippen LogP contribution in [0.15, 0.2) is 29.2 Å². The summed E-state index contributed by atoms with van der Waals surface area (Å²) in [5.41, 5.74) is 0.469. The Morgan fingerprint density at radius 1 is 1.17 bits per heavy atom. The van der Waals surface area contributed by atoms with E-state index in [0.29, 0.717) is 22.8 Å². The molecule has 0 aromatic heterocycles. The van der Waals surface area contributed by atoms with Gasteiger partial charge in [0.05, 0.1) is 0 Å². The molecule has 6 heteroatoms. The molecule has 1 aromatic carbocycles. The molecule has 0 unspecified atom stereocenters. The summed E-state index contributed by atoms with van der Waals surface area (Å²) in [5.74, 6) is -0.838. The van der Waals surface area contributed by atoms with Crippen LogP contribution in [0, 0.1) is 5.92 Å². The summed E-state index contributed by atoms with van der Waals surface area (Å²) in [7, 11) is -1.09. The number of likely N-dealkylation sites (tertiary alicyclic amines) is 1. The minimum atomic E-state index is -1.09. The number of aliphatic carboxylic acids is 1. The SMILES string of the molecule is C[S@](=O)c1ccc(C(=O)N2[C@@H]3CCCC[C@@H]3C[C@H]2C(=O)O)cc1. The Labute approximate surface area is 138 Å². The summed E-state index contributed by atoms with van der Waals surface area (Å²) in [5, 5.41) is 9.51. The maximum absolute atomic E-state index is 12.9. The highest BCUT2D eigenvalue weighted by atomic mass is 32.2. The molecule has 0 spiro atoms. The summed E-state index contributed by atoms with van der Waals surface area (Å²) in [6.45, 7) is 0. The first-order valence-electron chi connectivity index (χ1n) is 7.98. The van der Waals surface area contributed by atoms with Gasteiger partial charge in [0.25, 0.3) is 5.91 Å². The van der Waals surface area contributed by atoms with E-state index in [4.69, 9.17) is 0 Å². The number of carboxylic acids is 1. The minimum absolute atomic E-state index is 0.0392. The van der Waals surface area contributed by atoms with Gasteiger partial charge in [0.15, 0.2) is 0 Å². The zero-order valence-corrected chi connectivity index (χ0v) is 13.9. The lowest BCUT2D eigenvalue weighted by Gasteiger charge is -2.33. The van der Waals surface area contributed by atoms with Gasteiger partial charge in [-0.25, -0.2) is 4.79 Å². The molecule has 1 saturated heterocycles. The van der Waals surface area contributed by atoms with Crippen molar-refractivity contribution in [1.29, 1.82) is 0 Å². The van der Waals surface area contributed by atoms with E-state index in [-0.39, 0.29) is 11.9 Å². The van der Waals surface area contributed by atoms with Gasteiger partial charge in [0, 0.05) is 33.6 Å². The van der Waals surface area contributed by atoms with Gasteiger partial charge in [0.1, 0.15) is 6.04 Å². The first-order valence-corrected chi connectivity index (χ1v) is 9.54. The van der Waals surface area contributed by atoms with E-state index in [1.54, 1.807) is 35.4 Å². The molecule has 1 amide bonds. The van der Waals surface area contributed by atoms with Gasteiger partial charge in [0.2, 0.25) is 0 Å². The van der Waals surface area contributed by atoms with Crippen LogP contribution in [0.3, 0.4) is 0 Å². The standard InChI is InChI=1S/C17H21NO4S/c1-23(22)13-8-6-11(7-9-13)16(19)18-14-5-3-2-4-12(14)10-15(18)17(20)21/h6-9,12,14-15H,2-5,10H2,1H3,(H,20,21)/t12-,14-,15+,23+/m1/s1. The number of rotatable bonds is 3. The van der Waals surface area contributed by atoms with Crippen molar-refractivity contribution in [2.75, 3.05) is 6.26 Å². The van der Waals surface area contributed by atoms with E-state index in [1.807, 2.05) is 0 Å². The molecule has 1 aliphatic heterocycles. The maximum Gasteiger partial charge on any atom is 0.326 e. The van der Waals surface area contributed by atoms with Gasteiger partial charge >= 0.3 is 5.97 Å². The number of benzene rings is 1. The summed E-state index contributed by atoms with van der Waals surface area (Å²) in [6.07, 6.45) is 6.20. The number of carbonyl (C=O) groups excluding carboxylic acids is 1. The highest BCUT2D eigenvalue weighted by Crippen LogP contribution is 2.40. The Kier molecular flexibility index (Phi) is 4.53. The highest BCUT2D eigenvalue weighted by molar-refractivity contribution is 7.84. The summed E-state index contributed by atoms with van der Waals surface area (Å²) < 4.78 is 11.4. The van der Waals surface area contributed by atoms with Crippen molar-refractivity contribution in [2.24, 2.45) is 5.92 Å². The van der Waals surface area contributed by atoms with Crippen molar-refractivity contribution in [3.63, 3.8) is 0 Å². The lowest BCUT2D eigenvalue weighted by Crippen LogP contribution is -2.46. The molecular formula is C17H21NO4S. The first kappa shape index (κ1) is 16.2. The van der Waals surface area contributed by atoms with Crippen LogP contribution >= 0.6 is 0 Å². The molecule has 5 nitrogen and oxygen atoms in total. The molecule has 124 valence electrons. The van der Waals surface area contributed by atoms with Gasteiger partial charge in [-0.15, -0.1) is 0 Å². The fourth-order valence-corrected chi connectivity index (χ4v) is 4.43. The smallest absolute Gasteiger partial charge is 0.326 e. The van der Waals surface area contributed by atoms with Crippen molar-refractivity contribution >= 4 is 22.7 Å². The van der Waals surface area contributed by atoms with Crippen molar-refractivity contribution in [2.45, 2.75) is 49.1 Å². The Morgan fingerprint density at radius 3 is 2.43 bits per heavy atom. The molecule has 1 aliphatic carbocycles. The zero-order valence-electron chi connectivity index (χ0n) is 13.1. The predicted molar refractivity (Wildman–Crippen MR) is 86.7 cm³/mol. The molecule has 2 aliphatic rings. The number of fused-ring (bicyclic) bond motifs is 1. The lowest BCUT2D eigenvalue weighted by atomic mass is 9.84. The van der Waals surface area contributed by atoms with E-state index in [0.717, 1.165) is 25.7 Å². The van der Waals surface area contributed by atoms with Gasteiger partial charge in [-0.3, -0.25) is 9.00 Å². The second kappa shape index (κ2) is 6.43. The topological polar surface area (TPSA) is 74.7 Å². The van der Waals surface area contributed by atoms with Crippen molar-refractivity contribution in [1.82, 2.24) is 4.90 Å². The normalized spacial score (nSPS) is 28.2. The Balaban J connectivity index is 1.88. The Hall–Kier alpha value is -1.69. The van der Waals surface area contributed by atoms with E-state index in [1.165, 1.54) is 0 Å². The summed E-state index contributed by atoms with van der Waals surface area (Å²) in [6, 6.07) is 5.96. The fourth-order valence-electron chi connectivity index (χ4n) is 3.91. The van der Waals surface area contributed by atoms with Gasteiger partial charge in [-0.2, -0.15) is 0 Å². The van der Waals surface area contributed by atoms with Crippen LogP contribution in [0.1, 0.15) is 42.5 Å². The fraction of sp³-hybridized carbons (Fsp3) is 0.529. The zero-order chi connectivity index (χ0) is 16.6. The molecular weight excluding hydrogens is 314 g/mol. The van der Waals surface area contributed by atoms with Gasteiger partial charge in [-0.1, -0.05) is 12.8 Å². The largest absolute Gasteiger partial charge is 0.480 e. The minimum Gasteiger partial charge on any atom is -0.480 e. The van der Waals surface area contributed by atoms with Crippen LogP contribution in [0.5, 0.6) is 0 Å². The van der Waals surface area contributed by atoms with Crippen LogP contribution in [0.25, 0.3) is 0 Å². The second-order valence-electron chi connectivity index (χ2n) is 6.39. The molecule has 0 bridgehead atoms. The summed E-state index contributed by atoms with van der Waals surface area (Å²) in [4.78, 5) is 26.7. The number of carbonyl (C=O) groups is 2. The van der Waals surface area contributed by atoms with E-state index >= 15 is 0 Å². The average Bonchev–Trinajstić information content (AvgIpc) is 2.94. The molecule has 0 radical (unpaired) electrons. The first-order chi connectivity index (χ1) is 11.0. The lowest BCUT2D eigenvalue weighted by molar-refractivity contribution is -0.141. The van der Waals surface area contributed by atoms with Crippen molar-refractivity contribution < 1.29 is 18.9 Å². The molecule has 1 heterocycles. The van der Waals surface area contributed by atoms with Crippen molar-refractivity contribution in [3.8, 4) is 0 Å². The highest BCUT2D eigenvalue weighted by Gasteiger charge is 2.47.